The lowest BCUT2D eigenvalue weighted by atomic mass is 10.2. The summed E-state index contributed by atoms with van der Waals surface area (Å²) in [5, 5.41) is 5.51. The van der Waals surface area contributed by atoms with Gasteiger partial charge in [0, 0.05) is 37.0 Å². The normalized spacial score (nSPS) is 10.8. The second kappa shape index (κ2) is 8.74. The number of nitrogens with zero attached hydrogens (tertiary/aromatic N) is 3. The van der Waals surface area contributed by atoms with Crippen LogP contribution in [0.5, 0.6) is 0 Å². The average Bonchev–Trinajstić information content (AvgIpc) is 3.13. The van der Waals surface area contributed by atoms with Gasteiger partial charge in [0.05, 0.1) is 10.0 Å². The van der Waals surface area contributed by atoms with Crippen LogP contribution >= 0.6 is 34.8 Å². The molecule has 0 aliphatic carbocycles. The quantitative estimate of drug-likeness (QED) is 0.539. The molecule has 0 N–H and O–H groups in total. The Kier molecular flexibility index (Phi) is 6.37. The highest BCUT2D eigenvalue weighted by molar-refractivity contribution is 6.42. The van der Waals surface area contributed by atoms with Crippen LogP contribution in [0.15, 0.2) is 47.0 Å². The number of aromatic nitrogens is 2. The molecule has 5 nitrogen and oxygen atoms in total. The molecule has 1 heterocycles. The van der Waals surface area contributed by atoms with Gasteiger partial charge < -0.3 is 9.42 Å². The van der Waals surface area contributed by atoms with Gasteiger partial charge >= 0.3 is 0 Å². The molecular weight excluding hydrogens is 409 g/mol. The van der Waals surface area contributed by atoms with Gasteiger partial charge in [0.1, 0.15) is 0 Å². The van der Waals surface area contributed by atoms with E-state index in [0.29, 0.717) is 39.7 Å². The van der Waals surface area contributed by atoms with Gasteiger partial charge in [0.2, 0.25) is 17.6 Å². The second-order valence-corrected chi connectivity index (χ2v) is 7.20. The smallest absolute Gasteiger partial charge is 0.227 e. The molecule has 0 spiro atoms. The molecule has 0 saturated carbocycles. The highest BCUT2D eigenvalue weighted by Gasteiger charge is 2.15. The van der Waals surface area contributed by atoms with E-state index in [1.165, 1.54) is 0 Å². The van der Waals surface area contributed by atoms with Gasteiger partial charge in [-0.25, -0.2) is 0 Å². The molecule has 0 atom stereocenters. The van der Waals surface area contributed by atoms with E-state index >= 15 is 0 Å². The lowest BCUT2D eigenvalue weighted by molar-refractivity contribution is -0.130. The van der Waals surface area contributed by atoms with Crippen molar-refractivity contribution in [2.75, 3.05) is 7.05 Å². The zero-order chi connectivity index (χ0) is 19.4. The molecule has 2 aromatic carbocycles. The van der Waals surface area contributed by atoms with Crippen LogP contribution in [0.1, 0.15) is 17.9 Å². The highest BCUT2D eigenvalue weighted by atomic mass is 35.5. The van der Waals surface area contributed by atoms with Gasteiger partial charge in [-0.15, -0.1) is 0 Å². The molecule has 27 heavy (non-hydrogen) atoms. The largest absolute Gasteiger partial charge is 0.341 e. The Bertz CT molecular complexity index is 942. The lowest BCUT2D eigenvalue weighted by Crippen LogP contribution is -2.26. The fraction of sp³-hybridized carbons (Fsp3) is 0.211. The predicted molar refractivity (Wildman–Crippen MR) is 106 cm³/mol. The molecule has 0 saturated heterocycles. The summed E-state index contributed by atoms with van der Waals surface area (Å²) in [4.78, 5) is 18.3. The van der Waals surface area contributed by atoms with Gasteiger partial charge in [0.15, 0.2) is 0 Å². The maximum atomic E-state index is 12.4. The summed E-state index contributed by atoms with van der Waals surface area (Å²) < 4.78 is 5.23. The Labute approximate surface area is 171 Å². The lowest BCUT2D eigenvalue weighted by Gasteiger charge is -2.18. The predicted octanol–water partition coefficient (Wildman–Crippen LogP) is 5.29. The van der Waals surface area contributed by atoms with Gasteiger partial charge in [-0.3, -0.25) is 4.79 Å². The van der Waals surface area contributed by atoms with Crippen molar-refractivity contribution in [1.29, 1.82) is 0 Å². The molecule has 1 amide bonds. The van der Waals surface area contributed by atoms with E-state index in [-0.39, 0.29) is 12.3 Å². The fourth-order valence-electron chi connectivity index (χ4n) is 2.49. The first-order valence-electron chi connectivity index (χ1n) is 8.19. The summed E-state index contributed by atoms with van der Waals surface area (Å²) in [5.74, 6) is 0.813. The standard InChI is InChI=1S/C19H16Cl3N3O2/c1-25(11-13-3-2-4-15(21)18(13)22)17(26)10-9-16-23-19(24-27-16)12-5-7-14(20)8-6-12/h2-8H,9-11H2,1H3. The summed E-state index contributed by atoms with van der Waals surface area (Å²) in [6.45, 7) is 0.373. The molecule has 1 aromatic heterocycles. The number of carbonyl (C=O) groups excluding carboxylic acids is 1. The van der Waals surface area contributed by atoms with Crippen molar-refractivity contribution in [3.8, 4) is 11.4 Å². The third-order valence-corrected chi connectivity index (χ3v) is 5.10. The van der Waals surface area contributed by atoms with Crippen LogP contribution in [0.2, 0.25) is 15.1 Å². The molecule has 0 aliphatic heterocycles. The zero-order valence-electron chi connectivity index (χ0n) is 14.5. The second-order valence-electron chi connectivity index (χ2n) is 5.98. The van der Waals surface area contributed by atoms with E-state index in [1.807, 2.05) is 18.2 Å². The van der Waals surface area contributed by atoms with E-state index in [0.717, 1.165) is 11.1 Å². The van der Waals surface area contributed by atoms with Crippen molar-refractivity contribution in [2.45, 2.75) is 19.4 Å². The fourth-order valence-corrected chi connectivity index (χ4v) is 3.00. The van der Waals surface area contributed by atoms with Crippen LogP contribution < -0.4 is 0 Å². The van der Waals surface area contributed by atoms with Crippen LogP contribution in [0.25, 0.3) is 11.4 Å². The first kappa shape index (κ1) is 19.7. The summed E-state index contributed by atoms with van der Waals surface area (Å²) >= 11 is 18.1. The number of aryl methyl sites for hydroxylation is 1. The Morgan fingerprint density at radius 3 is 2.59 bits per heavy atom. The van der Waals surface area contributed by atoms with Crippen LogP contribution in [0.3, 0.4) is 0 Å². The maximum Gasteiger partial charge on any atom is 0.227 e. The molecule has 0 fully saturated rings. The number of amides is 1. The molecule has 0 bridgehead atoms. The molecule has 0 aliphatic rings. The van der Waals surface area contributed by atoms with Crippen molar-refractivity contribution >= 4 is 40.7 Å². The highest BCUT2D eigenvalue weighted by Crippen LogP contribution is 2.26. The topological polar surface area (TPSA) is 59.2 Å². The molecule has 3 aromatic rings. The minimum absolute atomic E-state index is 0.0581. The zero-order valence-corrected chi connectivity index (χ0v) is 16.7. The first-order valence-corrected chi connectivity index (χ1v) is 9.33. The maximum absolute atomic E-state index is 12.4. The number of halogens is 3. The summed E-state index contributed by atoms with van der Waals surface area (Å²) in [7, 11) is 1.71. The third-order valence-electron chi connectivity index (χ3n) is 3.99. The molecule has 8 heteroatoms. The summed E-state index contributed by atoms with van der Waals surface area (Å²) in [6.07, 6.45) is 0.601. The van der Waals surface area contributed by atoms with Crippen molar-refractivity contribution in [2.24, 2.45) is 0 Å². The SMILES string of the molecule is CN(Cc1cccc(Cl)c1Cl)C(=O)CCc1nc(-c2ccc(Cl)cc2)no1. The first-order chi connectivity index (χ1) is 12.9. The third kappa shape index (κ3) is 5.01. The van der Waals surface area contributed by atoms with Gasteiger partial charge in [0.25, 0.3) is 0 Å². The monoisotopic (exact) mass is 423 g/mol. The number of hydrogen-bond acceptors (Lipinski definition) is 4. The van der Waals surface area contributed by atoms with Crippen LogP contribution in [0.4, 0.5) is 0 Å². The van der Waals surface area contributed by atoms with Gasteiger partial charge in [-0.1, -0.05) is 52.1 Å². The van der Waals surface area contributed by atoms with Crippen LogP contribution in [0, 0.1) is 0 Å². The number of rotatable bonds is 6. The van der Waals surface area contributed by atoms with E-state index < -0.39 is 0 Å². The Balaban J connectivity index is 1.57. The summed E-state index contributed by atoms with van der Waals surface area (Å²) in [5.41, 5.74) is 1.59. The molecule has 0 radical (unpaired) electrons. The van der Waals surface area contributed by atoms with Crippen LogP contribution in [-0.2, 0) is 17.8 Å². The van der Waals surface area contributed by atoms with Gasteiger partial charge in [-0.05, 0) is 35.9 Å². The minimum Gasteiger partial charge on any atom is -0.341 e. The van der Waals surface area contributed by atoms with E-state index in [2.05, 4.69) is 10.1 Å². The Morgan fingerprint density at radius 1 is 1.11 bits per heavy atom. The molecule has 140 valence electrons. The van der Waals surface area contributed by atoms with E-state index in [4.69, 9.17) is 39.3 Å². The van der Waals surface area contributed by atoms with Gasteiger partial charge in [-0.2, -0.15) is 4.98 Å². The Hall–Kier alpha value is -2.08. The van der Waals surface area contributed by atoms with E-state index in [9.17, 15) is 4.79 Å². The average molecular weight is 425 g/mol. The Morgan fingerprint density at radius 2 is 1.85 bits per heavy atom. The number of hydrogen-bond donors (Lipinski definition) is 0. The van der Waals surface area contributed by atoms with Crippen LogP contribution in [-0.4, -0.2) is 28.0 Å². The summed E-state index contributed by atoms with van der Waals surface area (Å²) in [6, 6.07) is 12.5. The van der Waals surface area contributed by atoms with E-state index in [1.54, 1.807) is 36.2 Å². The number of carbonyl (C=O) groups is 1. The van der Waals surface area contributed by atoms with Crippen molar-refractivity contribution in [3.63, 3.8) is 0 Å². The molecule has 0 unspecified atom stereocenters. The van der Waals surface area contributed by atoms with Crippen molar-refractivity contribution in [1.82, 2.24) is 15.0 Å². The minimum atomic E-state index is -0.0581. The molecule has 3 rings (SSSR count). The van der Waals surface area contributed by atoms with Crippen molar-refractivity contribution in [3.05, 3.63) is 69.0 Å². The molecular formula is C19H16Cl3N3O2. The number of benzene rings is 2. The van der Waals surface area contributed by atoms with Crippen molar-refractivity contribution < 1.29 is 9.32 Å².